The van der Waals surface area contributed by atoms with E-state index in [0.29, 0.717) is 11.2 Å². The lowest BCUT2D eigenvalue weighted by atomic mass is 10.2. The van der Waals surface area contributed by atoms with Crippen LogP contribution in [0, 0.1) is 0 Å². The maximum Gasteiger partial charge on any atom is 0.418 e. The number of hydrogen-bond donors (Lipinski definition) is 0. The SMILES string of the molecule is CCCOC(=O)n1c(-c2cnn(C)c2)cc2cnc(Br)cc21. The number of carbonyl (C=O) groups excluding carboxylic acids is 1. The lowest BCUT2D eigenvalue weighted by Gasteiger charge is -2.08. The molecule has 0 amide bonds. The summed E-state index contributed by atoms with van der Waals surface area (Å²) in [5, 5.41) is 5.04. The van der Waals surface area contributed by atoms with Crippen LogP contribution in [0.5, 0.6) is 0 Å². The van der Waals surface area contributed by atoms with Crippen LogP contribution in [0.15, 0.2) is 35.3 Å². The number of aryl methyl sites for hydroxylation is 1. The first-order valence-electron chi connectivity index (χ1n) is 6.93. The Bertz CT molecular complexity index is 837. The van der Waals surface area contributed by atoms with Crippen molar-refractivity contribution in [3.05, 3.63) is 35.3 Å². The number of aromatic nitrogens is 4. The Morgan fingerprint density at radius 2 is 2.18 bits per heavy atom. The van der Waals surface area contributed by atoms with Crippen LogP contribution in [0.2, 0.25) is 0 Å². The minimum Gasteiger partial charge on any atom is -0.449 e. The fraction of sp³-hybridized carbons (Fsp3) is 0.267. The normalized spacial score (nSPS) is 11.0. The molecule has 0 aromatic carbocycles. The van der Waals surface area contributed by atoms with Crippen molar-refractivity contribution in [1.82, 2.24) is 19.3 Å². The van der Waals surface area contributed by atoms with Crippen molar-refractivity contribution >= 4 is 32.9 Å². The average Bonchev–Trinajstić information content (AvgIpc) is 3.07. The summed E-state index contributed by atoms with van der Waals surface area (Å²) in [6.07, 6.45) is 5.69. The van der Waals surface area contributed by atoms with Gasteiger partial charge in [-0.1, -0.05) is 6.92 Å². The molecule has 7 heteroatoms. The summed E-state index contributed by atoms with van der Waals surface area (Å²) in [6.45, 7) is 2.35. The molecule has 0 fully saturated rings. The Hall–Kier alpha value is -2.15. The zero-order chi connectivity index (χ0) is 15.7. The molecule has 0 unspecified atom stereocenters. The predicted molar refractivity (Wildman–Crippen MR) is 86.7 cm³/mol. The molecule has 0 N–H and O–H groups in total. The fourth-order valence-electron chi connectivity index (χ4n) is 2.29. The summed E-state index contributed by atoms with van der Waals surface area (Å²) in [5.74, 6) is 0. The lowest BCUT2D eigenvalue weighted by Crippen LogP contribution is -2.15. The topological polar surface area (TPSA) is 61.9 Å². The van der Waals surface area contributed by atoms with Crippen molar-refractivity contribution in [2.45, 2.75) is 13.3 Å². The van der Waals surface area contributed by atoms with Crippen LogP contribution in [0.4, 0.5) is 4.79 Å². The number of fused-ring (bicyclic) bond motifs is 1. The summed E-state index contributed by atoms with van der Waals surface area (Å²) in [6, 6.07) is 3.72. The number of rotatable bonds is 3. The minimum atomic E-state index is -0.395. The monoisotopic (exact) mass is 362 g/mol. The van der Waals surface area contributed by atoms with Crippen LogP contribution in [0.3, 0.4) is 0 Å². The molecule has 0 radical (unpaired) electrons. The van der Waals surface area contributed by atoms with Gasteiger partial charge in [-0.3, -0.25) is 4.68 Å². The van der Waals surface area contributed by atoms with Crippen LogP contribution in [-0.4, -0.2) is 32.0 Å². The molecule has 0 saturated heterocycles. The maximum atomic E-state index is 12.5. The quantitative estimate of drug-likeness (QED) is 0.667. The number of hydrogen-bond acceptors (Lipinski definition) is 4. The van der Waals surface area contributed by atoms with E-state index < -0.39 is 6.09 Å². The molecular formula is C15H15BrN4O2. The second-order valence-corrected chi connectivity index (χ2v) is 5.76. The first-order valence-corrected chi connectivity index (χ1v) is 7.72. The van der Waals surface area contributed by atoms with Gasteiger partial charge in [-0.05, 0) is 34.5 Å². The van der Waals surface area contributed by atoms with E-state index in [4.69, 9.17) is 4.74 Å². The van der Waals surface area contributed by atoms with Crippen molar-refractivity contribution in [3.63, 3.8) is 0 Å². The molecule has 3 rings (SSSR count). The number of carbonyl (C=O) groups is 1. The van der Waals surface area contributed by atoms with Crippen molar-refractivity contribution < 1.29 is 9.53 Å². The number of ether oxygens (including phenoxy) is 1. The van der Waals surface area contributed by atoms with Gasteiger partial charge in [0.25, 0.3) is 0 Å². The standard InChI is InChI=1S/C15H15BrN4O2/c1-3-4-22-15(21)20-12(11-8-18-19(2)9-11)5-10-7-17-14(16)6-13(10)20/h5-9H,3-4H2,1-2H3. The van der Waals surface area contributed by atoms with E-state index in [0.717, 1.165) is 28.6 Å². The van der Waals surface area contributed by atoms with Gasteiger partial charge in [0.15, 0.2) is 0 Å². The number of halogens is 1. The minimum absolute atomic E-state index is 0.386. The Morgan fingerprint density at radius 1 is 1.36 bits per heavy atom. The highest BCUT2D eigenvalue weighted by molar-refractivity contribution is 9.10. The van der Waals surface area contributed by atoms with Crippen molar-refractivity contribution in [3.8, 4) is 11.3 Å². The third kappa shape index (κ3) is 2.64. The molecule has 0 spiro atoms. The molecule has 114 valence electrons. The summed E-state index contributed by atoms with van der Waals surface area (Å²) in [4.78, 5) is 16.7. The van der Waals surface area contributed by atoms with Crippen LogP contribution in [0.1, 0.15) is 13.3 Å². The zero-order valence-corrected chi connectivity index (χ0v) is 13.9. The van der Waals surface area contributed by atoms with Crippen LogP contribution >= 0.6 is 15.9 Å². The Kier molecular flexibility index (Phi) is 3.98. The molecule has 0 aliphatic carbocycles. The molecule has 3 aromatic rings. The Balaban J connectivity index is 2.19. The lowest BCUT2D eigenvalue weighted by molar-refractivity contribution is 0.149. The Labute approximate surface area is 135 Å². The van der Waals surface area contributed by atoms with Gasteiger partial charge >= 0.3 is 6.09 Å². The molecule has 22 heavy (non-hydrogen) atoms. The van der Waals surface area contributed by atoms with Gasteiger partial charge in [-0.2, -0.15) is 5.10 Å². The molecular weight excluding hydrogens is 348 g/mol. The van der Waals surface area contributed by atoms with Crippen molar-refractivity contribution in [2.24, 2.45) is 7.05 Å². The molecule has 0 aliphatic heterocycles. The van der Waals surface area contributed by atoms with Gasteiger partial charge in [-0.15, -0.1) is 0 Å². The van der Waals surface area contributed by atoms with Crippen molar-refractivity contribution in [1.29, 1.82) is 0 Å². The molecule has 0 bridgehead atoms. The first-order chi connectivity index (χ1) is 10.6. The second kappa shape index (κ2) is 5.92. The molecule has 0 atom stereocenters. The van der Waals surface area contributed by atoms with Crippen molar-refractivity contribution in [2.75, 3.05) is 6.61 Å². The van der Waals surface area contributed by atoms with Gasteiger partial charge in [0.2, 0.25) is 0 Å². The summed E-state index contributed by atoms with van der Waals surface area (Å²) in [5.41, 5.74) is 2.34. The van der Waals surface area contributed by atoms with Gasteiger partial charge in [0.1, 0.15) is 4.60 Å². The third-order valence-corrected chi connectivity index (χ3v) is 3.70. The number of nitrogens with zero attached hydrogens (tertiary/aromatic N) is 4. The van der Waals surface area contributed by atoms with Gasteiger partial charge in [0.05, 0.1) is 24.0 Å². The highest BCUT2D eigenvalue weighted by Gasteiger charge is 2.19. The summed E-state index contributed by atoms with van der Waals surface area (Å²) in [7, 11) is 1.84. The largest absolute Gasteiger partial charge is 0.449 e. The molecule has 0 aliphatic rings. The van der Waals surface area contributed by atoms with E-state index in [1.54, 1.807) is 21.6 Å². The second-order valence-electron chi connectivity index (χ2n) is 4.95. The third-order valence-electron chi connectivity index (χ3n) is 3.27. The van der Waals surface area contributed by atoms with Gasteiger partial charge in [0, 0.05) is 30.4 Å². The highest BCUT2D eigenvalue weighted by Crippen LogP contribution is 2.29. The molecule has 3 heterocycles. The van der Waals surface area contributed by atoms with E-state index >= 15 is 0 Å². The van der Waals surface area contributed by atoms with Gasteiger partial charge < -0.3 is 4.74 Å². The molecule has 3 aromatic heterocycles. The van der Waals surface area contributed by atoms with Gasteiger partial charge in [-0.25, -0.2) is 14.3 Å². The van der Waals surface area contributed by atoms with Crippen LogP contribution in [0.25, 0.3) is 22.2 Å². The fourth-order valence-corrected chi connectivity index (χ4v) is 2.61. The van der Waals surface area contributed by atoms with Crippen LogP contribution < -0.4 is 0 Å². The maximum absolute atomic E-state index is 12.5. The number of pyridine rings is 1. The Morgan fingerprint density at radius 3 is 2.86 bits per heavy atom. The molecule has 0 saturated carbocycles. The van der Waals surface area contributed by atoms with E-state index in [1.807, 2.05) is 32.3 Å². The van der Waals surface area contributed by atoms with Crippen LogP contribution in [-0.2, 0) is 11.8 Å². The van der Waals surface area contributed by atoms with E-state index in [-0.39, 0.29) is 0 Å². The molecule has 6 nitrogen and oxygen atoms in total. The van der Waals surface area contributed by atoms with E-state index in [2.05, 4.69) is 26.0 Å². The zero-order valence-electron chi connectivity index (χ0n) is 12.3. The first kappa shape index (κ1) is 14.8. The highest BCUT2D eigenvalue weighted by atomic mass is 79.9. The predicted octanol–water partition coefficient (Wildman–Crippen LogP) is 3.59. The van der Waals surface area contributed by atoms with E-state index in [9.17, 15) is 4.79 Å². The summed E-state index contributed by atoms with van der Waals surface area (Å²) < 4.78 is 9.24. The van der Waals surface area contributed by atoms with E-state index in [1.165, 1.54) is 0 Å². The smallest absolute Gasteiger partial charge is 0.418 e. The average molecular weight is 363 g/mol. The summed E-state index contributed by atoms with van der Waals surface area (Å²) >= 11 is 3.34.